The highest BCUT2D eigenvalue weighted by Gasteiger charge is 2.01. The second-order valence-corrected chi connectivity index (χ2v) is 5.12. The molecule has 19 heavy (non-hydrogen) atoms. The second-order valence-electron chi connectivity index (χ2n) is 4.31. The van der Waals surface area contributed by atoms with Crippen LogP contribution in [0.5, 0.6) is 0 Å². The van der Waals surface area contributed by atoms with Gasteiger partial charge in [-0.15, -0.1) is 0 Å². The van der Waals surface area contributed by atoms with Crippen LogP contribution in [0.3, 0.4) is 0 Å². The minimum Gasteiger partial charge on any atom is -0.340 e. The van der Waals surface area contributed by atoms with Gasteiger partial charge in [0.25, 0.3) is 0 Å². The molecule has 3 aromatic rings. The molecule has 3 nitrogen and oxygen atoms in total. The summed E-state index contributed by atoms with van der Waals surface area (Å²) in [6.45, 7) is 1.87. The molecule has 2 aromatic carbocycles. The number of aryl methyl sites for hydroxylation is 1. The van der Waals surface area contributed by atoms with Crippen LogP contribution in [-0.4, -0.2) is 9.97 Å². The summed E-state index contributed by atoms with van der Waals surface area (Å²) in [6.07, 6.45) is 0. The number of benzene rings is 2. The first-order valence-electron chi connectivity index (χ1n) is 5.98. The van der Waals surface area contributed by atoms with Crippen molar-refractivity contribution in [2.75, 3.05) is 5.32 Å². The van der Waals surface area contributed by atoms with E-state index in [0.29, 0.717) is 0 Å². The van der Waals surface area contributed by atoms with Gasteiger partial charge in [0.05, 0.1) is 0 Å². The van der Waals surface area contributed by atoms with Gasteiger partial charge in [-0.3, -0.25) is 0 Å². The van der Waals surface area contributed by atoms with Crippen molar-refractivity contribution in [1.29, 1.82) is 0 Å². The molecule has 0 unspecified atom stereocenters. The van der Waals surface area contributed by atoms with E-state index >= 15 is 0 Å². The van der Waals surface area contributed by atoms with Gasteiger partial charge in [-0.1, -0.05) is 30.3 Å². The molecule has 0 atom stereocenters. The topological polar surface area (TPSA) is 37.8 Å². The van der Waals surface area contributed by atoms with Gasteiger partial charge >= 0.3 is 0 Å². The van der Waals surface area contributed by atoms with Gasteiger partial charge in [0, 0.05) is 11.8 Å². The Labute approximate surface area is 119 Å². The lowest BCUT2D eigenvalue weighted by Crippen LogP contribution is -1.97. The molecular weight excluding hydrogens is 302 g/mol. The fraction of sp³-hybridized carbons (Fsp3) is 0.0667. The van der Waals surface area contributed by atoms with Crippen molar-refractivity contribution < 1.29 is 0 Å². The van der Waals surface area contributed by atoms with Crippen LogP contribution in [0.25, 0.3) is 10.8 Å². The van der Waals surface area contributed by atoms with Gasteiger partial charge in [-0.25, -0.2) is 9.97 Å². The largest absolute Gasteiger partial charge is 0.340 e. The van der Waals surface area contributed by atoms with Crippen LogP contribution in [0.15, 0.2) is 53.1 Å². The minimum absolute atomic E-state index is 0.734. The highest BCUT2D eigenvalue weighted by Crippen LogP contribution is 2.22. The van der Waals surface area contributed by atoms with E-state index in [4.69, 9.17) is 0 Å². The molecule has 0 aliphatic carbocycles. The molecule has 1 N–H and O–H groups in total. The highest BCUT2D eigenvalue weighted by atomic mass is 79.9. The molecule has 3 rings (SSSR count). The summed E-state index contributed by atoms with van der Waals surface area (Å²) in [5.74, 6) is 1.52. The van der Waals surface area contributed by atoms with Crippen LogP contribution in [-0.2, 0) is 0 Å². The molecule has 0 bridgehead atoms. The third-order valence-corrected chi connectivity index (χ3v) is 3.23. The van der Waals surface area contributed by atoms with Crippen molar-refractivity contribution in [2.45, 2.75) is 6.92 Å². The summed E-state index contributed by atoms with van der Waals surface area (Å²) in [7, 11) is 0. The Bertz CT molecular complexity index is 720. The average molecular weight is 314 g/mol. The molecule has 4 heteroatoms. The molecule has 0 aliphatic rings. The van der Waals surface area contributed by atoms with E-state index in [1.165, 1.54) is 10.8 Å². The van der Waals surface area contributed by atoms with E-state index < -0.39 is 0 Å². The summed E-state index contributed by atoms with van der Waals surface area (Å²) in [4.78, 5) is 8.55. The smallest absolute Gasteiger partial charge is 0.135 e. The zero-order valence-electron chi connectivity index (χ0n) is 10.4. The zero-order chi connectivity index (χ0) is 13.2. The fourth-order valence-corrected chi connectivity index (χ4v) is 2.48. The van der Waals surface area contributed by atoms with Crippen molar-refractivity contribution in [3.05, 3.63) is 59.0 Å². The number of nitrogens with zero attached hydrogens (tertiary/aromatic N) is 2. The highest BCUT2D eigenvalue weighted by molar-refractivity contribution is 9.10. The lowest BCUT2D eigenvalue weighted by Gasteiger charge is -2.07. The summed E-state index contributed by atoms with van der Waals surface area (Å²) >= 11 is 3.37. The van der Waals surface area contributed by atoms with E-state index in [1.807, 2.05) is 31.2 Å². The van der Waals surface area contributed by atoms with Crippen molar-refractivity contribution >= 4 is 38.2 Å². The normalized spacial score (nSPS) is 10.6. The number of hydrogen-bond donors (Lipinski definition) is 1. The van der Waals surface area contributed by atoms with Crippen LogP contribution >= 0.6 is 15.9 Å². The van der Waals surface area contributed by atoms with Gasteiger partial charge < -0.3 is 5.32 Å². The average Bonchev–Trinajstić information content (AvgIpc) is 2.37. The number of rotatable bonds is 2. The lowest BCUT2D eigenvalue weighted by atomic mass is 10.1. The van der Waals surface area contributed by atoms with Crippen molar-refractivity contribution in [3.63, 3.8) is 0 Å². The van der Waals surface area contributed by atoms with E-state index in [0.717, 1.165) is 21.9 Å². The molecular formula is C15H12BrN3. The number of fused-ring (bicyclic) bond motifs is 1. The van der Waals surface area contributed by atoms with Crippen LogP contribution < -0.4 is 5.32 Å². The van der Waals surface area contributed by atoms with Crippen molar-refractivity contribution in [3.8, 4) is 0 Å². The van der Waals surface area contributed by atoms with Crippen molar-refractivity contribution in [1.82, 2.24) is 9.97 Å². The van der Waals surface area contributed by atoms with Gasteiger partial charge in [-0.05, 0) is 45.8 Å². The lowest BCUT2D eigenvalue weighted by molar-refractivity contribution is 1.04. The predicted octanol–water partition coefficient (Wildman–Crippen LogP) is 4.44. The van der Waals surface area contributed by atoms with Crippen molar-refractivity contribution in [2.24, 2.45) is 0 Å². The third kappa shape index (κ3) is 2.74. The maximum Gasteiger partial charge on any atom is 0.135 e. The van der Waals surface area contributed by atoms with Crippen LogP contribution in [0, 0.1) is 6.92 Å². The molecule has 0 fully saturated rings. The van der Waals surface area contributed by atoms with E-state index in [1.54, 1.807) is 0 Å². The molecule has 0 saturated carbocycles. The monoisotopic (exact) mass is 313 g/mol. The molecule has 0 aliphatic heterocycles. The van der Waals surface area contributed by atoms with E-state index in [2.05, 4.69) is 55.5 Å². The Hall–Kier alpha value is -1.94. The zero-order valence-corrected chi connectivity index (χ0v) is 12.0. The fourth-order valence-electron chi connectivity index (χ4n) is 2.01. The summed E-state index contributed by atoms with van der Waals surface area (Å²) in [6, 6.07) is 16.4. The number of anilines is 2. The van der Waals surface area contributed by atoms with Crippen LogP contribution in [0.2, 0.25) is 0 Å². The van der Waals surface area contributed by atoms with Gasteiger partial charge in [0.15, 0.2) is 0 Å². The molecule has 0 radical (unpaired) electrons. The summed E-state index contributed by atoms with van der Waals surface area (Å²) in [5.41, 5.74) is 1.02. The Morgan fingerprint density at radius 2 is 1.74 bits per heavy atom. The number of nitrogens with one attached hydrogen (secondary N) is 1. The van der Waals surface area contributed by atoms with Gasteiger partial charge in [0.1, 0.15) is 16.2 Å². The Kier molecular flexibility index (Phi) is 3.17. The number of aromatic nitrogens is 2. The predicted molar refractivity (Wildman–Crippen MR) is 81.7 cm³/mol. The standard InChI is InChI=1S/C15H12BrN3/c1-10-17-14(16)9-15(18-10)19-13-7-6-11-4-2-3-5-12(11)8-13/h2-9H,1H3,(H,17,18,19). The van der Waals surface area contributed by atoms with Crippen LogP contribution in [0.4, 0.5) is 11.5 Å². The maximum absolute atomic E-state index is 4.36. The minimum atomic E-state index is 0.734. The molecule has 0 spiro atoms. The third-order valence-electron chi connectivity index (χ3n) is 2.83. The molecule has 0 amide bonds. The molecule has 94 valence electrons. The second kappa shape index (κ2) is 4.97. The first-order chi connectivity index (χ1) is 9.20. The Morgan fingerprint density at radius 3 is 2.53 bits per heavy atom. The van der Waals surface area contributed by atoms with E-state index in [-0.39, 0.29) is 0 Å². The number of hydrogen-bond acceptors (Lipinski definition) is 3. The van der Waals surface area contributed by atoms with Crippen LogP contribution in [0.1, 0.15) is 5.82 Å². The first kappa shape index (κ1) is 12.1. The summed E-state index contributed by atoms with van der Waals surface area (Å²) < 4.78 is 0.781. The number of halogens is 1. The molecule has 0 saturated heterocycles. The Morgan fingerprint density at radius 1 is 0.947 bits per heavy atom. The maximum atomic E-state index is 4.36. The van der Waals surface area contributed by atoms with E-state index in [9.17, 15) is 0 Å². The summed E-state index contributed by atoms with van der Waals surface area (Å²) in [5, 5.41) is 5.73. The molecule has 1 heterocycles. The first-order valence-corrected chi connectivity index (χ1v) is 6.77. The quantitative estimate of drug-likeness (QED) is 0.710. The Balaban J connectivity index is 1.96. The molecule has 1 aromatic heterocycles. The van der Waals surface area contributed by atoms with Gasteiger partial charge in [0.2, 0.25) is 0 Å². The SMILES string of the molecule is Cc1nc(Br)cc(Nc2ccc3ccccc3c2)n1. The van der Waals surface area contributed by atoms with Gasteiger partial charge in [-0.2, -0.15) is 0 Å².